The van der Waals surface area contributed by atoms with E-state index >= 15 is 0 Å². The van der Waals surface area contributed by atoms with Crippen LogP contribution in [0.1, 0.15) is 32.6 Å². The second-order valence-corrected chi connectivity index (χ2v) is 6.59. The first-order chi connectivity index (χ1) is 7.72. The Hall–Kier alpha value is -0.0800. The number of nitrogens with zero attached hydrogens (tertiary/aromatic N) is 2. The van der Waals surface area contributed by atoms with Gasteiger partial charge in [0.1, 0.15) is 0 Å². The van der Waals surface area contributed by atoms with Crippen LogP contribution in [-0.2, 0) is 0 Å². The molecule has 92 valence electrons. The van der Waals surface area contributed by atoms with Crippen molar-refractivity contribution in [1.82, 2.24) is 9.80 Å². The molecule has 0 radical (unpaired) electrons. The number of hydrogen-bond acceptors (Lipinski definition) is 2. The third kappa shape index (κ3) is 2.02. The molecule has 2 heterocycles. The lowest BCUT2D eigenvalue weighted by Gasteiger charge is -2.35. The molecule has 0 N–H and O–H groups in total. The molecule has 2 atom stereocenters. The van der Waals surface area contributed by atoms with Crippen molar-refractivity contribution in [3.63, 3.8) is 0 Å². The first kappa shape index (κ1) is 11.0. The normalized spacial score (nSPS) is 42.8. The fourth-order valence-electron chi connectivity index (χ4n) is 4.19. The van der Waals surface area contributed by atoms with Crippen LogP contribution < -0.4 is 0 Å². The van der Waals surface area contributed by atoms with Crippen molar-refractivity contribution in [3.8, 4) is 0 Å². The molecule has 1 aliphatic carbocycles. The fourth-order valence-corrected chi connectivity index (χ4v) is 4.19. The lowest BCUT2D eigenvalue weighted by Crippen LogP contribution is -2.40. The SMILES string of the molecule is CC1CCN(C2CC3CN(C)CC3C2)CC1. The van der Waals surface area contributed by atoms with Gasteiger partial charge in [0.15, 0.2) is 0 Å². The monoisotopic (exact) mass is 222 g/mol. The quantitative estimate of drug-likeness (QED) is 0.670. The third-order valence-electron chi connectivity index (χ3n) is 5.24. The Morgan fingerprint density at radius 1 is 0.938 bits per heavy atom. The highest BCUT2D eigenvalue weighted by Crippen LogP contribution is 2.40. The van der Waals surface area contributed by atoms with Crippen molar-refractivity contribution >= 4 is 0 Å². The predicted octanol–water partition coefficient (Wildman–Crippen LogP) is 2.06. The molecule has 0 amide bonds. The van der Waals surface area contributed by atoms with Crippen LogP contribution in [0.4, 0.5) is 0 Å². The summed E-state index contributed by atoms with van der Waals surface area (Å²) in [6, 6.07) is 0.941. The molecular formula is C14H26N2. The molecule has 1 saturated carbocycles. The van der Waals surface area contributed by atoms with Crippen molar-refractivity contribution in [3.05, 3.63) is 0 Å². The largest absolute Gasteiger partial charge is 0.306 e. The molecule has 2 nitrogen and oxygen atoms in total. The van der Waals surface area contributed by atoms with Gasteiger partial charge >= 0.3 is 0 Å². The minimum absolute atomic E-state index is 0.941. The maximum absolute atomic E-state index is 2.80. The predicted molar refractivity (Wildman–Crippen MR) is 67.5 cm³/mol. The molecule has 0 bridgehead atoms. The van der Waals surface area contributed by atoms with Crippen LogP contribution in [0.3, 0.4) is 0 Å². The van der Waals surface area contributed by atoms with Crippen molar-refractivity contribution < 1.29 is 0 Å². The second kappa shape index (κ2) is 4.30. The Balaban J connectivity index is 1.55. The Bertz CT molecular complexity index is 231. The zero-order valence-corrected chi connectivity index (χ0v) is 10.9. The summed E-state index contributed by atoms with van der Waals surface area (Å²) >= 11 is 0. The molecule has 3 aliphatic rings. The molecule has 2 heteroatoms. The Morgan fingerprint density at radius 3 is 2.06 bits per heavy atom. The van der Waals surface area contributed by atoms with Crippen molar-refractivity contribution in [2.24, 2.45) is 17.8 Å². The number of fused-ring (bicyclic) bond motifs is 1. The van der Waals surface area contributed by atoms with Gasteiger partial charge in [-0.05, 0) is 63.6 Å². The summed E-state index contributed by atoms with van der Waals surface area (Å²) in [4.78, 5) is 5.34. The summed E-state index contributed by atoms with van der Waals surface area (Å²) in [5.74, 6) is 3.02. The molecule has 2 saturated heterocycles. The Labute approximate surface area is 100.0 Å². The van der Waals surface area contributed by atoms with E-state index in [1.54, 1.807) is 0 Å². The highest BCUT2D eigenvalue weighted by Gasteiger charge is 2.41. The average molecular weight is 222 g/mol. The van der Waals surface area contributed by atoms with E-state index in [9.17, 15) is 0 Å². The van der Waals surface area contributed by atoms with Crippen molar-refractivity contribution in [2.45, 2.75) is 38.6 Å². The van der Waals surface area contributed by atoms with Crippen LogP contribution in [0.25, 0.3) is 0 Å². The number of likely N-dealkylation sites (tertiary alicyclic amines) is 2. The summed E-state index contributed by atoms with van der Waals surface area (Å²) in [6.07, 6.45) is 5.85. The van der Waals surface area contributed by atoms with Gasteiger partial charge in [0, 0.05) is 19.1 Å². The minimum atomic E-state index is 0.941. The van der Waals surface area contributed by atoms with Crippen molar-refractivity contribution in [2.75, 3.05) is 33.2 Å². The van der Waals surface area contributed by atoms with Crippen LogP contribution in [0, 0.1) is 17.8 Å². The highest BCUT2D eigenvalue weighted by molar-refractivity contribution is 4.95. The Kier molecular flexibility index (Phi) is 2.97. The molecule has 0 aromatic carbocycles. The van der Waals surface area contributed by atoms with Crippen LogP contribution in [0.15, 0.2) is 0 Å². The fraction of sp³-hybridized carbons (Fsp3) is 1.00. The summed E-state index contributed by atoms with van der Waals surface area (Å²) < 4.78 is 0. The first-order valence-corrected chi connectivity index (χ1v) is 7.15. The van der Waals surface area contributed by atoms with Gasteiger partial charge in [-0.15, -0.1) is 0 Å². The average Bonchev–Trinajstić information content (AvgIpc) is 2.75. The number of piperidine rings is 1. The van der Waals surface area contributed by atoms with Crippen LogP contribution in [-0.4, -0.2) is 49.1 Å². The number of hydrogen-bond donors (Lipinski definition) is 0. The van der Waals surface area contributed by atoms with Gasteiger partial charge in [-0.25, -0.2) is 0 Å². The molecule has 16 heavy (non-hydrogen) atoms. The summed E-state index contributed by atoms with van der Waals surface area (Å²) in [5.41, 5.74) is 0. The van der Waals surface area contributed by atoms with Crippen LogP contribution in [0.2, 0.25) is 0 Å². The first-order valence-electron chi connectivity index (χ1n) is 7.15. The molecule has 2 aliphatic heterocycles. The zero-order chi connectivity index (χ0) is 11.1. The Morgan fingerprint density at radius 2 is 1.50 bits per heavy atom. The summed E-state index contributed by atoms with van der Waals surface area (Å²) in [6.45, 7) is 7.90. The van der Waals surface area contributed by atoms with Gasteiger partial charge in [0.2, 0.25) is 0 Å². The molecule has 3 rings (SSSR count). The van der Waals surface area contributed by atoms with Gasteiger partial charge in [-0.3, -0.25) is 0 Å². The lowest BCUT2D eigenvalue weighted by molar-refractivity contribution is 0.131. The highest BCUT2D eigenvalue weighted by atomic mass is 15.2. The summed E-state index contributed by atoms with van der Waals surface area (Å²) in [7, 11) is 2.29. The van der Waals surface area contributed by atoms with E-state index in [0.717, 1.165) is 23.8 Å². The lowest BCUT2D eigenvalue weighted by atomic mass is 9.97. The molecule has 0 aromatic rings. The second-order valence-electron chi connectivity index (χ2n) is 6.59. The molecule has 3 fully saturated rings. The zero-order valence-electron chi connectivity index (χ0n) is 10.9. The van der Waals surface area contributed by atoms with Gasteiger partial charge in [-0.1, -0.05) is 6.92 Å². The number of rotatable bonds is 1. The maximum atomic E-state index is 2.80. The van der Waals surface area contributed by atoms with E-state index < -0.39 is 0 Å². The molecule has 0 spiro atoms. The maximum Gasteiger partial charge on any atom is 0.0102 e. The molecule has 2 unspecified atom stereocenters. The third-order valence-corrected chi connectivity index (χ3v) is 5.24. The van der Waals surface area contributed by atoms with Crippen LogP contribution >= 0.6 is 0 Å². The van der Waals surface area contributed by atoms with Crippen molar-refractivity contribution in [1.29, 1.82) is 0 Å². The molecular weight excluding hydrogens is 196 g/mol. The van der Waals surface area contributed by atoms with Gasteiger partial charge in [0.25, 0.3) is 0 Å². The topological polar surface area (TPSA) is 6.48 Å². The van der Waals surface area contributed by atoms with E-state index in [1.165, 1.54) is 51.9 Å². The van der Waals surface area contributed by atoms with Crippen LogP contribution in [0.5, 0.6) is 0 Å². The van der Waals surface area contributed by atoms with Gasteiger partial charge in [-0.2, -0.15) is 0 Å². The van der Waals surface area contributed by atoms with E-state index in [1.807, 2.05) is 0 Å². The van der Waals surface area contributed by atoms with Gasteiger partial charge < -0.3 is 9.80 Å². The minimum Gasteiger partial charge on any atom is -0.306 e. The van der Waals surface area contributed by atoms with E-state index in [0.29, 0.717) is 0 Å². The van der Waals surface area contributed by atoms with E-state index in [-0.39, 0.29) is 0 Å². The van der Waals surface area contributed by atoms with E-state index in [4.69, 9.17) is 0 Å². The standard InChI is InChI=1S/C14H26N2/c1-11-3-5-16(6-4-11)14-7-12-9-15(2)10-13(12)8-14/h11-14H,3-10H2,1-2H3. The van der Waals surface area contributed by atoms with E-state index in [2.05, 4.69) is 23.8 Å². The summed E-state index contributed by atoms with van der Waals surface area (Å²) in [5, 5.41) is 0. The van der Waals surface area contributed by atoms with Gasteiger partial charge in [0.05, 0.1) is 0 Å². The smallest absolute Gasteiger partial charge is 0.0102 e. The molecule has 0 aromatic heterocycles.